The van der Waals surface area contributed by atoms with Crippen molar-refractivity contribution >= 4 is 28.5 Å². The number of fused-ring (bicyclic) bond motifs is 1. The van der Waals surface area contributed by atoms with Crippen molar-refractivity contribution in [2.75, 3.05) is 4.90 Å². The van der Waals surface area contributed by atoms with E-state index < -0.39 is 17.4 Å². The highest BCUT2D eigenvalue weighted by molar-refractivity contribution is 6.28. The molecule has 1 aromatic carbocycles. The normalized spacial score (nSPS) is 14.7. The van der Waals surface area contributed by atoms with Crippen molar-refractivity contribution in [1.82, 2.24) is 0 Å². The van der Waals surface area contributed by atoms with Crippen LogP contribution in [-0.2, 0) is 9.59 Å². The van der Waals surface area contributed by atoms with Gasteiger partial charge in [-0.2, -0.15) is 0 Å². The Balaban J connectivity index is 2.33. The number of hydrogen-bond donors (Lipinski definition) is 0. The van der Waals surface area contributed by atoms with Crippen LogP contribution in [0.3, 0.4) is 0 Å². The highest BCUT2D eigenvalue weighted by Gasteiger charge is 2.30. The summed E-state index contributed by atoms with van der Waals surface area (Å²) in [5, 5.41) is 0.699. The van der Waals surface area contributed by atoms with Crippen molar-refractivity contribution in [1.29, 1.82) is 0 Å². The predicted molar refractivity (Wildman–Crippen MR) is 68.9 cm³/mol. The van der Waals surface area contributed by atoms with Crippen LogP contribution < -0.4 is 10.5 Å². The minimum absolute atomic E-state index is 0.0151. The quantitative estimate of drug-likeness (QED) is 0.572. The summed E-state index contributed by atoms with van der Waals surface area (Å²) in [6.07, 6.45) is 2.27. The molecule has 1 aliphatic rings. The molecule has 2 aromatic rings. The summed E-state index contributed by atoms with van der Waals surface area (Å²) < 4.78 is 5.15. The first-order chi connectivity index (χ1) is 9.09. The summed E-state index contributed by atoms with van der Waals surface area (Å²) >= 11 is 0. The second-order valence-electron chi connectivity index (χ2n) is 4.20. The molecule has 0 saturated carbocycles. The van der Waals surface area contributed by atoms with Gasteiger partial charge in [0, 0.05) is 17.5 Å². The monoisotopic (exact) mass is 255 g/mol. The van der Waals surface area contributed by atoms with Crippen molar-refractivity contribution < 1.29 is 14.0 Å². The number of nitrogens with zero attached hydrogens (tertiary/aromatic N) is 1. The molecule has 0 aliphatic carbocycles. The van der Waals surface area contributed by atoms with Crippen molar-refractivity contribution in [2.24, 2.45) is 0 Å². The Morgan fingerprint density at radius 3 is 2.32 bits per heavy atom. The SMILES string of the molecule is Cc1c(N2C(=O)C=CC2=O)c(=O)oc2ccccc12. The summed E-state index contributed by atoms with van der Waals surface area (Å²) in [5.74, 6) is -1.06. The second-order valence-corrected chi connectivity index (χ2v) is 4.20. The molecule has 2 heterocycles. The average Bonchev–Trinajstić information content (AvgIpc) is 2.71. The minimum Gasteiger partial charge on any atom is -0.421 e. The Hall–Kier alpha value is -2.69. The van der Waals surface area contributed by atoms with Crippen LogP contribution in [0.5, 0.6) is 0 Å². The predicted octanol–water partition coefficient (Wildman–Crippen LogP) is 1.53. The van der Waals surface area contributed by atoms with E-state index in [1.54, 1.807) is 31.2 Å². The van der Waals surface area contributed by atoms with E-state index >= 15 is 0 Å². The van der Waals surface area contributed by atoms with Crippen LogP contribution in [0.2, 0.25) is 0 Å². The Labute approximate surface area is 107 Å². The van der Waals surface area contributed by atoms with Crippen LogP contribution in [-0.4, -0.2) is 11.8 Å². The van der Waals surface area contributed by atoms with Crippen LogP contribution in [0.25, 0.3) is 11.0 Å². The zero-order valence-electron chi connectivity index (χ0n) is 10.0. The second kappa shape index (κ2) is 3.91. The maximum atomic E-state index is 12.0. The summed E-state index contributed by atoms with van der Waals surface area (Å²) in [6.45, 7) is 1.69. The fourth-order valence-corrected chi connectivity index (χ4v) is 2.17. The van der Waals surface area contributed by atoms with Crippen molar-refractivity contribution in [2.45, 2.75) is 6.92 Å². The highest BCUT2D eigenvalue weighted by atomic mass is 16.4. The number of para-hydroxylation sites is 1. The van der Waals surface area contributed by atoms with E-state index in [4.69, 9.17) is 4.42 Å². The van der Waals surface area contributed by atoms with E-state index in [0.29, 0.717) is 16.5 Å². The Bertz CT molecular complexity index is 783. The van der Waals surface area contributed by atoms with Gasteiger partial charge < -0.3 is 4.42 Å². The Kier molecular flexibility index (Phi) is 2.35. The number of aryl methyl sites for hydroxylation is 1. The summed E-state index contributed by atoms with van der Waals surface area (Å²) in [5.41, 5.74) is 0.276. The molecule has 94 valence electrons. The van der Waals surface area contributed by atoms with E-state index in [1.165, 1.54) is 0 Å². The smallest absolute Gasteiger partial charge is 0.361 e. The van der Waals surface area contributed by atoms with Gasteiger partial charge in [-0.15, -0.1) is 0 Å². The third-order valence-corrected chi connectivity index (χ3v) is 3.08. The minimum atomic E-state index is -0.693. The molecule has 1 aliphatic heterocycles. The number of anilines is 1. The fourth-order valence-electron chi connectivity index (χ4n) is 2.17. The van der Waals surface area contributed by atoms with Gasteiger partial charge in [-0.05, 0) is 18.6 Å². The van der Waals surface area contributed by atoms with Gasteiger partial charge in [0.15, 0.2) is 0 Å². The molecule has 0 atom stereocenters. The molecule has 1 aromatic heterocycles. The van der Waals surface area contributed by atoms with E-state index in [1.807, 2.05) is 0 Å². The first-order valence-electron chi connectivity index (χ1n) is 5.68. The lowest BCUT2D eigenvalue weighted by atomic mass is 10.1. The van der Waals surface area contributed by atoms with Gasteiger partial charge in [-0.25, -0.2) is 9.69 Å². The maximum Gasteiger partial charge on any atom is 0.361 e. The van der Waals surface area contributed by atoms with Gasteiger partial charge in [0.2, 0.25) is 0 Å². The Morgan fingerprint density at radius 1 is 1.00 bits per heavy atom. The molecule has 0 N–H and O–H groups in total. The van der Waals surface area contributed by atoms with E-state index in [2.05, 4.69) is 0 Å². The number of carbonyl (C=O) groups excluding carboxylic acids is 2. The van der Waals surface area contributed by atoms with Crippen LogP contribution in [0.15, 0.2) is 45.6 Å². The first-order valence-corrected chi connectivity index (χ1v) is 5.68. The summed E-state index contributed by atoms with van der Waals surface area (Å²) in [6, 6.07) is 6.98. The van der Waals surface area contributed by atoms with Gasteiger partial charge >= 0.3 is 5.63 Å². The number of hydrogen-bond acceptors (Lipinski definition) is 4. The Morgan fingerprint density at radius 2 is 1.63 bits per heavy atom. The average molecular weight is 255 g/mol. The molecular formula is C14H9NO4. The molecule has 0 radical (unpaired) electrons. The lowest BCUT2D eigenvalue weighted by Crippen LogP contribution is -2.34. The molecule has 0 spiro atoms. The van der Waals surface area contributed by atoms with E-state index in [9.17, 15) is 14.4 Å². The largest absolute Gasteiger partial charge is 0.421 e. The first kappa shape index (κ1) is 11.4. The van der Waals surface area contributed by atoms with Gasteiger partial charge in [0.25, 0.3) is 11.8 Å². The van der Waals surface area contributed by atoms with Crippen molar-refractivity contribution in [3.8, 4) is 0 Å². The molecule has 3 rings (SSSR count). The van der Waals surface area contributed by atoms with Gasteiger partial charge in [-0.3, -0.25) is 9.59 Å². The summed E-state index contributed by atoms with van der Waals surface area (Å²) in [7, 11) is 0. The molecule has 0 unspecified atom stereocenters. The third kappa shape index (κ3) is 1.59. The van der Waals surface area contributed by atoms with Crippen molar-refractivity contribution in [3.05, 3.63) is 52.4 Å². The molecule has 0 bridgehead atoms. The van der Waals surface area contributed by atoms with Crippen LogP contribution >= 0.6 is 0 Å². The highest BCUT2D eigenvalue weighted by Crippen LogP contribution is 2.26. The van der Waals surface area contributed by atoms with E-state index in [0.717, 1.165) is 17.1 Å². The zero-order chi connectivity index (χ0) is 13.6. The molecule has 19 heavy (non-hydrogen) atoms. The molecule has 5 nitrogen and oxygen atoms in total. The van der Waals surface area contributed by atoms with Crippen LogP contribution in [0, 0.1) is 6.92 Å². The third-order valence-electron chi connectivity index (χ3n) is 3.08. The lowest BCUT2D eigenvalue weighted by Gasteiger charge is -2.15. The number of rotatable bonds is 1. The van der Waals surface area contributed by atoms with Crippen LogP contribution in [0.4, 0.5) is 5.69 Å². The molecule has 0 saturated heterocycles. The molecule has 0 fully saturated rings. The van der Waals surface area contributed by atoms with Crippen LogP contribution in [0.1, 0.15) is 5.56 Å². The fraction of sp³-hybridized carbons (Fsp3) is 0.0714. The number of carbonyl (C=O) groups is 2. The number of benzene rings is 1. The van der Waals surface area contributed by atoms with Crippen molar-refractivity contribution in [3.63, 3.8) is 0 Å². The maximum absolute atomic E-state index is 12.0. The summed E-state index contributed by atoms with van der Waals surface area (Å²) in [4.78, 5) is 36.2. The van der Waals surface area contributed by atoms with Gasteiger partial charge in [-0.1, -0.05) is 18.2 Å². The van der Waals surface area contributed by atoms with E-state index in [-0.39, 0.29) is 5.69 Å². The topological polar surface area (TPSA) is 67.6 Å². The zero-order valence-corrected chi connectivity index (χ0v) is 10.0. The number of imide groups is 1. The molecular weight excluding hydrogens is 246 g/mol. The molecule has 5 heteroatoms. The standard InChI is InChI=1S/C14H9NO4/c1-8-9-4-2-3-5-10(9)19-14(18)13(8)15-11(16)6-7-12(15)17/h2-7H,1H3. The van der Waals surface area contributed by atoms with Gasteiger partial charge in [0.1, 0.15) is 11.3 Å². The number of amides is 2. The lowest BCUT2D eigenvalue weighted by molar-refractivity contribution is -0.120. The van der Waals surface area contributed by atoms with Gasteiger partial charge in [0.05, 0.1) is 0 Å². The molecule has 2 amide bonds.